The van der Waals surface area contributed by atoms with Gasteiger partial charge in [-0.05, 0) is 12.8 Å². The first-order valence-corrected chi connectivity index (χ1v) is 3.40. The second-order valence-electron chi connectivity index (χ2n) is 2.33. The summed E-state index contributed by atoms with van der Waals surface area (Å²) in [5, 5.41) is 0. The zero-order valence-corrected chi connectivity index (χ0v) is 5.99. The molecule has 0 radical (unpaired) electrons. The number of rotatable bonds is 2. The van der Waals surface area contributed by atoms with Crippen molar-refractivity contribution in [3.05, 3.63) is 0 Å². The molecule has 1 fully saturated rings. The minimum Gasteiger partial charge on any atom is -0.362 e. The molecule has 2 atom stereocenters. The fourth-order valence-corrected chi connectivity index (χ4v) is 1.07. The molecule has 0 N–H and O–H groups in total. The van der Waals surface area contributed by atoms with Gasteiger partial charge in [0.1, 0.15) is 12.4 Å². The third-order valence-electron chi connectivity index (χ3n) is 1.55. The molecular formula is C7H11NO2. The van der Waals surface area contributed by atoms with Crippen molar-refractivity contribution in [3.63, 3.8) is 0 Å². The molecule has 0 amide bonds. The first-order valence-electron chi connectivity index (χ1n) is 3.40. The van der Waals surface area contributed by atoms with Gasteiger partial charge < -0.3 is 9.53 Å². The highest BCUT2D eigenvalue weighted by Crippen LogP contribution is 2.16. The van der Waals surface area contributed by atoms with Crippen molar-refractivity contribution in [1.29, 1.82) is 0 Å². The molecule has 0 unspecified atom stereocenters. The Balaban J connectivity index is 2.35. The van der Waals surface area contributed by atoms with Gasteiger partial charge in [0, 0.05) is 13.3 Å². The molecule has 0 aromatic rings. The van der Waals surface area contributed by atoms with Crippen molar-refractivity contribution in [2.75, 3.05) is 7.05 Å². The number of aliphatic imine (C=N–C) groups is 1. The minimum atomic E-state index is -0.192. The Morgan fingerprint density at radius 3 is 2.70 bits per heavy atom. The van der Waals surface area contributed by atoms with Gasteiger partial charge in [-0.25, -0.2) is 0 Å². The summed E-state index contributed by atoms with van der Waals surface area (Å²) in [4.78, 5) is 14.0. The molecule has 56 valence electrons. The van der Waals surface area contributed by atoms with E-state index in [0.29, 0.717) is 0 Å². The van der Waals surface area contributed by atoms with Gasteiger partial charge in [0.15, 0.2) is 0 Å². The van der Waals surface area contributed by atoms with Crippen LogP contribution in [0.3, 0.4) is 0 Å². The van der Waals surface area contributed by atoms with E-state index in [2.05, 4.69) is 4.99 Å². The minimum absolute atomic E-state index is 0.0696. The third-order valence-corrected chi connectivity index (χ3v) is 1.55. The van der Waals surface area contributed by atoms with E-state index in [9.17, 15) is 4.79 Å². The Morgan fingerprint density at radius 2 is 2.20 bits per heavy atom. The lowest BCUT2D eigenvalue weighted by Gasteiger charge is -2.02. The van der Waals surface area contributed by atoms with Gasteiger partial charge >= 0.3 is 0 Å². The standard InChI is InChI=1S/C7H11NO2/c1-8-4-6-2-3-7(5-9)10-6/h4-7H,2-3H2,1H3/t6-,7+/m1/s1. The van der Waals surface area contributed by atoms with Crippen molar-refractivity contribution in [2.45, 2.75) is 25.0 Å². The maximum absolute atomic E-state index is 10.2. The number of ether oxygens (including phenoxy) is 1. The Labute approximate surface area is 60.1 Å². The van der Waals surface area contributed by atoms with Crippen LogP contribution in [-0.4, -0.2) is 31.8 Å². The van der Waals surface area contributed by atoms with Crippen LogP contribution < -0.4 is 0 Å². The summed E-state index contributed by atoms with van der Waals surface area (Å²) in [7, 11) is 1.71. The molecule has 1 rings (SSSR count). The van der Waals surface area contributed by atoms with Gasteiger partial charge in [-0.1, -0.05) is 0 Å². The van der Waals surface area contributed by atoms with Gasteiger partial charge in [-0.15, -0.1) is 0 Å². The van der Waals surface area contributed by atoms with Crippen LogP contribution in [0.4, 0.5) is 0 Å². The molecule has 0 saturated carbocycles. The van der Waals surface area contributed by atoms with E-state index in [1.807, 2.05) is 0 Å². The van der Waals surface area contributed by atoms with E-state index >= 15 is 0 Å². The maximum atomic E-state index is 10.2. The van der Waals surface area contributed by atoms with Crippen LogP contribution in [0.25, 0.3) is 0 Å². The zero-order valence-electron chi connectivity index (χ0n) is 5.99. The highest BCUT2D eigenvalue weighted by atomic mass is 16.5. The zero-order chi connectivity index (χ0) is 7.40. The smallest absolute Gasteiger partial charge is 0.148 e. The lowest BCUT2D eigenvalue weighted by molar-refractivity contribution is -0.116. The van der Waals surface area contributed by atoms with Crippen LogP contribution in [0.2, 0.25) is 0 Å². The summed E-state index contributed by atoms with van der Waals surface area (Å²) in [6, 6.07) is 0. The van der Waals surface area contributed by atoms with Crippen LogP contribution in [0, 0.1) is 0 Å². The first-order chi connectivity index (χ1) is 4.86. The lowest BCUT2D eigenvalue weighted by atomic mass is 10.2. The van der Waals surface area contributed by atoms with Crippen LogP contribution in [0.15, 0.2) is 4.99 Å². The number of hydrogen-bond acceptors (Lipinski definition) is 3. The molecule has 0 aliphatic carbocycles. The highest BCUT2D eigenvalue weighted by Gasteiger charge is 2.22. The summed E-state index contributed by atoms with van der Waals surface area (Å²) in [6.45, 7) is 0. The second-order valence-corrected chi connectivity index (χ2v) is 2.33. The molecule has 1 heterocycles. The van der Waals surface area contributed by atoms with E-state index in [0.717, 1.165) is 19.1 Å². The summed E-state index contributed by atoms with van der Waals surface area (Å²) >= 11 is 0. The molecule has 0 aromatic heterocycles. The summed E-state index contributed by atoms with van der Waals surface area (Å²) in [6.07, 6.45) is 4.22. The Hall–Kier alpha value is -0.700. The van der Waals surface area contributed by atoms with E-state index in [4.69, 9.17) is 4.74 Å². The number of aldehydes is 1. The van der Waals surface area contributed by atoms with E-state index < -0.39 is 0 Å². The molecular weight excluding hydrogens is 130 g/mol. The number of hydrogen-bond donors (Lipinski definition) is 0. The van der Waals surface area contributed by atoms with Crippen LogP contribution in [0.5, 0.6) is 0 Å². The SMILES string of the molecule is CN=C[C@H]1CC[C@@H](C=O)O1. The predicted molar refractivity (Wildman–Crippen MR) is 38.4 cm³/mol. The number of carbonyl (C=O) groups is 1. The molecule has 3 nitrogen and oxygen atoms in total. The van der Waals surface area contributed by atoms with Crippen molar-refractivity contribution >= 4 is 12.5 Å². The van der Waals surface area contributed by atoms with Crippen LogP contribution in [0.1, 0.15) is 12.8 Å². The fourth-order valence-electron chi connectivity index (χ4n) is 1.07. The molecule has 10 heavy (non-hydrogen) atoms. The van der Waals surface area contributed by atoms with E-state index in [1.165, 1.54) is 0 Å². The lowest BCUT2D eigenvalue weighted by Crippen LogP contribution is -2.12. The Bertz CT molecular complexity index is 145. The Morgan fingerprint density at radius 1 is 1.50 bits per heavy atom. The van der Waals surface area contributed by atoms with Gasteiger partial charge in [-0.2, -0.15) is 0 Å². The third kappa shape index (κ3) is 1.64. The van der Waals surface area contributed by atoms with E-state index in [-0.39, 0.29) is 12.2 Å². The summed E-state index contributed by atoms with van der Waals surface area (Å²) < 4.78 is 5.23. The van der Waals surface area contributed by atoms with Gasteiger partial charge in [0.05, 0.1) is 6.10 Å². The first kappa shape index (κ1) is 7.41. The average Bonchev–Trinajstić information content (AvgIpc) is 2.37. The molecule has 0 bridgehead atoms. The maximum Gasteiger partial charge on any atom is 0.148 e. The molecule has 3 heteroatoms. The topological polar surface area (TPSA) is 38.7 Å². The quantitative estimate of drug-likeness (QED) is 0.413. The second kappa shape index (κ2) is 3.46. The molecule has 1 aliphatic heterocycles. The van der Waals surface area contributed by atoms with Crippen molar-refractivity contribution < 1.29 is 9.53 Å². The van der Waals surface area contributed by atoms with Crippen LogP contribution in [-0.2, 0) is 9.53 Å². The van der Waals surface area contributed by atoms with Crippen molar-refractivity contribution in [1.82, 2.24) is 0 Å². The highest BCUT2D eigenvalue weighted by molar-refractivity contribution is 5.65. The average molecular weight is 141 g/mol. The number of carbonyl (C=O) groups excluding carboxylic acids is 1. The predicted octanol–water partition coefficient (Wildman–Crippen LogP) is 0.433. The van der Waals surface area contributed by atoms with Crippen molar-refractivity contribution in [3.8, 4) is 0 Å². The monoisotopic (exact) mass is 141 g/mol. The summed E-state index contributed by atoms with van der Waals surface area (Å²) in [5.74, 6) is 0. The molecule has 0 aromatic carbocycles. The fraction of sp³-hybridized carbons (Fsp3) is 0.714. The molecule has 0 spiro atoms. The molecule has 1 aliphatic rings. The molecule has 1 saturated heterocycles. The number of nitrogens with zero attached hydrogens (tertiary/aromatic N) is 1. The van der Waals surface area contributed by atoms with Gasteiger partial charge in [-0.3, -0.25) is 4.99 Å². The van der Waals surface area contributed by atoms with Crippen LogP contribution >= 0.6 is 0 Å². The van der Waals surface area contributed by atoms with Gasteiger partial charge in [0.25, 0.3) is 0 Å². The normalized spacial score (nSPS) is 33.3. The van der Waals surface area contributed by atoms with E-state index in [1.54, 1.807) is 13.3 Å². The Kier molecular flexibility index (Phi) is 2.57. The largest absolute Gasteiger partial charge is 0.362 e. The summed E-state index contributed by atoms with van der Waals surface area (Å²) in [5.41, 5.74) is 0. The van der Waals surface area contributed by atoms with Crippen molar-refractivity contribution in [2.24, 2.45) is 4.99 Å². The van der Waals surface area contributed by atoms with Gasteiger partial charge in [0.2, 0.25) is 0 Å².